The van der Waals surface area contributed by atoms with Gasteiger partial charge in [0.1, 0.15) is 5.82 Å². The molecule has 1 aliphatic heterocycles. The lowest BCUT2D eigenvalue weighted by Crippen LogP contribution is -2.25. The summed E-state index contributed by atoms with van der Waals surface area (Å²) in [6.45, 7) is 2.12. The van der Waals surface area contributed by atoms with E-state index < -0.39 is 0 Å². The molecule has 3 rings (SSSR count). The van der Waals surface area contributed by atoms with Gasteiger partial charge in [-0.1, -0.05) is 12.1 Å². The SMILES string of the molecule is Fc1cccc([C@H]2CCCN2CCc2ccncc2)c1. The Kier molecular flexibility index (Phi) is 4.07. The van der Waals surface area contributed by atoms with Crippen molar-refractivity contribution < 1.29 is 4.39 Å². The second kappa shape index (κ2) is 6.14. The van der Waals surface area contributed by atoms with Crippen LogP contribution in [0.3, 0.4) is 0 Å². The van der Waals surface area contributed by atoms with Gasteiger partial charge in [-0.2, -0.15) is 0 Å². The molecule has 2 heterocycles. The largest absolute Gasteiger partial charge is 0.296 e. The van der Waals surface area contributed by atoms with Gasteiger partial charge < -0.3 is 0 Å². The van der Waals surface area contributed by atoms with Gasteiger partial charge in [0.15, 0.2) is 0 Å². The van der Waals surface area contributed by atoms with E-state index in [4.69, 9.17) is 0 Å². The lowest BCUT2D eigenvalue weighted by atomic mass is 10.0. The van der Waals surface area contributed by atoms with Crippen LogP contribution in [0.4, 0.5) is 4.39 Å². The number of halogens is 1. The van der Waals surface area contributed by atoms with E-state index in [1.165, 1.54) is 18.1 Å². The molecule has 3 heteroatoms. The van der Waals surface area contributed by atoms with Gasteiger partial charge in [-0.3, -0.25) is 9.88 Å². The van der Waals surface area contributed by atoms with Gasteiger partial charge in [-0.05, 0) is 61.2 Å². The average molecular weight is 270 g/mol. The van der Waals surface area contributed by atoms with Crippen LogP contribution in [0.2, 0.25) is 0 Å². The van der Waals surface area contributed by atoms with Crippen molar-refractivity contribution in [1.29, 1.82) is 0 Å². The summed E-state index contributed by atoms with van der Waals surface area (Å²) in [6.07, 6.45) is 7.01. The fourth-order valence-electron chi connectivity index (χ4n) is 3.01. The first-order valence-corrected chi connectivity index (χ1v) is 7.21. The van der Waals surface area contributed by atoms with Crippen LogP contribution in [-0.4, -0.2) is 23.0 Å². The highest BCUT2D eigenvalue weighted by Crippen LogP contribution is 2.32. The van der Waals surface area contributed by atoms with Crippen molar-refractivity contribution in [2.24, 2.45) is 0 Å². The van der Waals surface area contributed by atoms with Crippen LogP contribution in [0, 0.1) is 5.82 Å². The van der Waals surface area contributed by atoms with Crippen molar-refractivity contribution >= 4 is 0 Å². The lowest BCUT2D eigenvalue weighted by Gasteiger charge is -2.24. The smallest absolute Gasteiger partial charge is 0.123 e. The van der Waals surface area contributed by atoms with Gasteiger partial charge in [-0.25, -0.2) is 4.39 Å². The minimum Gasteiger partial charge on any atom is -0.296 e. The number of aromatic nitrogens is 1. The standard InChI is InChI=1S/C17H19FN2/c18-16-4-1-3-15(13-16)17-5-2-11-20(17)12-8-14-6-9-19-10-7-14/h1,3-4,6-7,9-10,13,17H,2,5,8,11-12H2/t17-/m1/s1. The first kappa shape index (κ1) is 13.3. The fourth-order valence-corrected chi connectivity index (χ4v) is 3.01. The Labute approximate surface area is 119 Å². The predicted molar refractivity (Wildman–Crippen MR) is 77.9 cm³/mol. The Balaban J connectivity index is 1.67. The van der Waals surface area contributed by atoms with E-state index in [2.05, 4.69) is 22.0 Å². The summed E-state index contributed by atoms with van der Waals surface area (Å²) in [6, 6.07) is 11.5. The highest BCUT2D eigenvalue weighted by molar-refractivity contribution is 5.21. The zero-order valence-electron chi connectivity index (χ0n) is 11.5. The molecule has 20 heavy (non-hydrogen) atoms. The number of rotatable bonds is 4. The molecule has 0 saturated carbocycles. The first-order chi connectivity index (χ1) is 9.83. The van der Waals surface area contributed by atoms with Crippen LogP contribution in [0.25, 0.3) is 0 Å². The second-order valence-corrected chi connectivity index (χ2v) is 5.35. The van der Waals surface area contributed by atoms with E-state index in [1.807, 2.05) is 24.5 Å². The van der Waals surface area contributed by atoms with Crippen molar-refractivity contribution in [1.82, 2.24) is 9.88 Å². The molecule has 0 radical (unpaired) electrons. The Bertz CT molecular complexity index is 556. The van der Waals surface area contributed by atoms with E-state index >= 15 is 0 Å². The van der Waals surface area contributed by atoms with E-state index in [9.17, 15) is 4.39 Å². The molecule has 0 aliphatic carbocycles. The van der Waals surface area contributed by atoms with Gasteiger partial charge in [0.25, 0.3) is 0 Å². The number of benzene rings is 1. The molecule has 1 aromatic heterocycles. The van der Waals surface area contributed by atoms with Crippen molar-refractivity contribution in [3.05, 3.63) is 65.7 Å². The summed E-state index contributed by atoms with van der Waals surface area (Å²) in [5.41, 5.74) is 2.42. The number of nitrogens with zero attached hydrogens (tertiary/aromatic N) is 2. The molecule has 1 saturated heterocycles. The average Bonchev–Trinajstić information content (AvgIpc) is 2.95. The van der Waals surface area contributed by atoms with Gasteiger partial charge in [-0.15, -0.1) is 0 Å². The zero-order valence-corrected chi connectivity index (χ0v) is 11.5. The maximum atomic E-state index is 13.4. The molecule has 1 aromatic carbocycles. The van der Waals surface area contributed by atoms with Crippen LogP contribution in [0.1, 0.15) is 30.0 Å². The molecule has 1 fully saturated rings. The maximum Gasteiger partial charge on any atom is 0.123 e. The van der Waals surface area contributed by atoms with E-state index in [0.717, 1.165) is 31.5 Å². The number of pyridine rings is 1. The van der Waals surface area contributed by atoms with Crippen molar-refractivity contribution in [2.75, 3.05) is 13.1 Å². The third-order valence-electron chi connectivity index (χ3n) is 4.03. The highest BCUT2D eigenvalue weighted by atomic mass is 19.1. The molecule has 1 aliphatic rings. The number of hydrogen-bond donors (Lipinski definition) is 0. The molecular formula is C17H19FN2. The molecule has 0 bridgehead atoms. The summed E-state index contributed by atoms with van der Waals surface area (Å²) >= 11 is 0. The Morgan fingerprint density at radius 1 is 1.20 bits per heavy atom. The third kappa shape index (κ3) is 3.05. The molecule has 2 nitrogen and oxygen atoms in total. The predicted octanol–water partition coefficient (Wildman–Crippen LogP) is 3.60. The molecule has 2 aromatic rings. The van der Waals surface area contributed by atoms with Crippen molar-refractivity contribution in [3.63, 3.8) is 0 Å². The quantitative estimate of drug-likeness (QED) is 0.844. The van der Waals surface area contributed by atoms with Crippen LogP contribution < -0.4 is 0 Å². The third-order valence-corrected chi connectivity index (χ3v) is 4.03. The Morgan fingerprint density at radius 3 is 2.85 bits per heavy atom. The molecular weight excluding hydrogens is 251 g/mol. The monoisotopic (exact) mass is 270 g/mol. The van der Waals surface area contributed by atoms with Gasteiger partial charge >= 0.3 is 0 Å². The molecule has 1 atom stereocenters. The van der Waals surface area contributed by atoms with Gasteiger partial charge in [0.2, 0.25) is 0 Å². The van der Waals surface area contributed by atoms with E-state index in [0.29, 0.717) is 6.04 Å². The fraction of sp³-hybridized carbons (Fsp3) is 0.353. The molecule has 0 amide bonds. The summed E-state index contributed by atoms with van der Waals surface area (Å²) in [7, 11) is 0. The molecule has 0 N–H and O–H groups in total. The summed E-state index contributed by atoms with van der Waals surface area (Å²) < 4.78 is 13.4. The normalized spacial score (nSPS) is 19.4. The Morgan fingerprint density at radius 2 is 2.05 bits per heavy atom. The molecule has 104 valence electrons. The number of likely N-dealkylation sites (tertiary alicyclic amines) is 1. The maximum absolute atomic E-state index is 13.4. The second-order valence-electron chi connectivity index (χ2n) is 5.35. The summed E-state index contributed by atoms with van der Waals surface area (Å²) in [5.74, 6) is -0.136. The highest BCUT2D eigenvalue weighted by Gasteiger charge is 2.25. The van der Waals surface area contributed by atoms with Crippen molar-refractivity contribution in [2.45, 2.75) is 25.3 Å². The minimum atomic E-state index is -0.136. The van der Waals surface area contributed by atoms with Gasteiger partial charge in [0, 0.05) is 25.0 Å². The van der Waals surface area contributed by atoms with Gasteiger partial charge in [0.05, 0.1) is 0 Å². The minimum absolute atomic E-state index is 0.136. The Hall–Kier alpha value is -1.74. The van der Waals surface area contributed by atoms with Crippen LogP contribution in [-0.2, 0) is 6.42 Å². The summed E-state index contributed by atoms with van der Waals surface area (Å²) in [5, 5.41) is 0. The van der Waals surface area contributed by atoms with Crippen molar-refractivity contribution in [3.8, 4) is 0 Å². The van der Waals surface area contributed by atoms with E-state index in [-0.39, 0.29) is 5.82 Å². The molecule has 0 spiro atoms. The van der Waals surface area contributed by atoms with Crippen LogP contribution >= 0.6 is 0 Å². The summed E-state index contributed by atoms with van der Waals surface area (Å²) in [4.78, 5) is 6.51. The van der Waals surface area contributed by atoms with E-state index in [1.54, 1.807) is 6.07 Å². The first-order valence-electron chi connectivity index (χ1n) is 7.21. The zero-order chi connectivity index (χ0) is 13.8. The lowest BCUT2D eigenvalue weighted by molar-refractivity contribution is 0.260. The topological polar surface area (TPSA) is 16.1 Å². The molecule has 0 unspecified atom stereocenters. The van der Waals surface area contributed by atoms with Crippen LogP contribution in [0.15, 0.2) is 48.8 Å². The van der Waals surface area contributed by atoms with Crippen LogP contribution in [0.5, 0.6) is 0 Å². The number of hydrogen-bond acceptors (Lipinski definition) is 2.